The van der Waals surface area contributed by atoms with Gasteiger partial charge in [-0.3, -0.25) is 33.6 Å². The maximum absolute atomic E-state index is 15.1. The number of rotatable bonds is 43. The van der Waals surface area contributed by atoms with Crippen LogP contribution in [0.2, 0.25) is 0 Å². The van der Waals surface area contributed by atoms with Crippen LogP contribution in [0.15, 0.2) is 50.8 Å². The van der Waals surface area contributed by atoms with E-state index in [1.54, 1.807) is 34.9 Å². The van der Waals surface area contributed by atoms with Gasteiger partial charge < -0.3 is 10.5 Å². The Bertz CT molecular complexity index is 3150. The van der Waals surface area contributed by atoms with Crippen LogP contribution in [0.5, 0.6) is 5.88 Å². The van der Waals surface area contributed by atoms with E-state index >= 15 is 14.4 Å². The van der Waals surface area contributed by atoms with Gasteiger partial charge in [-0.2, -0.15) is 0 Å². The maximum Gasteiger partial charge on any atom is 0.278 e. The number of hydrogen-bond acceptors (Lipinski definition) is 7. The fourth-order valence-corrected chi connectivity index (χ4v) is 13.9. The first-order valence-corrected chi connectivity index (χ1v) is 33.0. The van der Waals surface area contributed by atoms with E-state index in [1.165, 1.54) is 165 Å². The molecule has 10 nitrogen and oxygen atoms in total. The second-order valence-electron chi connectivity index (χ2n) is 24.5. The predicted molar refractivity (Wildman–Crippen MR) is 339 cm³/mol. The molecule has 0 saturated heterocycles. The number of unbranched alkanes of at least 4 members (excludes halogenated alkanes) is 32. The van der Waals surface area contributed by atoms with E-state index in [0.29, 0.717) is 48.7 Å². The van der Waals surface area contributed by atoms with E-state index in [2.05, 4.69) is 27.7 Å². The summed E-state index contributed by atoms with van der Waals surface area (Å²) in [5, 5.41) is 40.0. The van der Waals surface area contributed by atoms with Gasteiger partial charge in [0.05, 0.1) is 26.6 Å². The average molecular weight is 1100 g/mol. The van der Waals surface area contributed by atoms with E-state index in [4.69, 9.17) is 0 Å². The standard InChI is InChI=1S/C70H102N4O6/c1-5-9-13-17-21-25-29-33-37-41-51(42-38-34-30-26-22-18-14-10-6-2)72-67(75)55-48-46-54-64-60(74(79)80)50-58-62-56(47-45-53(66(62)64)63-59(71)49-57(69(72)77)61(55)65(54)63)68(76)73(70(58)78)52(43-39-35-31-27-23-19-15-11-7-3)44-40-36-32-28-24-20-16-12-8-4/h45-52,71,78H,5-44H2,1-4H3. The number of nitro benzene ring substituents is 1. The summed E-state index contributed by atoms with van der Waals surface area (Å²) in [4.78, 5) is 58.4. The Kier molecular flexibility index (Phi) is 25.4. The first kappa shape index (κ1) is 62.5. The van der Waals surface area contributed by atoms with Crippen molar-refractivity contribution in [2.24, 2.45) is 0 Å². The van der Waals surface area contributed by atoms with Gasteiger partial charge in [0.2, 0.25) is 5.88 Å². The van der Waals surface area contributed by atoms with Crippen molar-refractivity contribution in [1.29, 1.82) is 5.41 Å². The third-order valence-electron chi connectivity index (χ3n) is 18.4. The van der Waals surface area contributed by atoms with Crippen molar-refractivity contribution in [2.75, 3.05) is 0 Å². The summed E-state index contributed by atoms with van der Waals surface area (Å²) in [6.45, 7) is 8.97. The Morgan fingerprint density at radius 3 is 1.18 bits per heavy atom. The van der Waals surface area contributed by atoms with E-state index in [-0.39, 0.29) is 56.5 Å². The lowest BCUT2D eigenvalue weighted by Crippen LogP contribution is -2.38. The van der Waals surface area contributed by atoms with Gasteiger partial charge in [-0.05, 0) is 54.7 Å². The molecular formula is C70H102N4O6. The zero-order chi connectivity index (χ0) is 56.8. The molecule has 2 N–H and O–H groups in total. The van der Waals surface area contributed by atoms with Crippen molar-refractivity contribution in [2.45, 2.75) is 297 Å². The normalized spacial score (nSPS) is 12.3. The van der Waals surface area contributed by atoms with Crippen molar-refractivity contribution in [3.05, 3.63) is 82.9 Å². The number of aromatic hydroxyl groups is 1. The molecule has 0 fully saturated rings. The second kappa shape index (κ2) is 32.5. The summed E-state index contributed by atoms with van der Waals surface area (Å²) in [5.41, 5.74) is -0.554. The van der Waals surface area contributed by atoms with Crippen molar-refractivity contribution < 1.29 is 10.0 Å². The summed E-state index contributed by atoms with van der Waals surface area (Å²) >= 11 is 0. The monoisotopic (exact) mass is 1090 g/mol. The summed E-state index contributed by atoms with van der Waals surface area (Å²) in [7, 11) is 0. The van der Waals surface area contributed by atoms with Crippen LogP contribution in [-0.4, -0.2) is 19.2 Å². The van der Waals surface area contributed by atoms with Gasteiger partial charge in [0.1, 0.15) is 0 Å². The molecule has 1 aliphatic heterocycles. The Hall–Kier alpha value is -5.12. The van der Waals surface area contributed by atoms with Crippen molar-refractivity contribution in [1.82, 2.24) is 9.13 Å². The fourth-order valence-electron chi connectivity index (χ4n) is 13.9. The molecule has 0 spiro atoms. The van der Waals surface area contributed by atoms with Crippen LogP contribution in [0, 0.1) is 15.5 Å². The average Bonchev–Trinajstić information content (AvgIpc) is 3.51. The maximum atomic E-state index is 15.1. The lowest BCUT2D eigenvalue weighted by Gasteiger charge is -2.25. The molecule has 0 radical (unpaired) electrons. The molecule has 80 heavy (non-hydrogen) atoms. The molecule has 5 aromatic rings. The number of nitrogens with one attached hydrogen (secondary N) is 1. The van der Waals surface area contributed by atoms with Crippen molar-refractivity contribution in [3.63, 3.8) is 0 Å². The van der Waals surface area contributed by atoms with Crippen molar-refractivity contribution in [3.8, 4) is 17.0 Å². The first-order chi connectivity index (χ1) is 39.1. The predicted octanol–water partition coefficient (Wildman–Crippen LogP) is 20.4. The van der Waals surface area contributed by atoms with Crippen molar-refractivity contribution >= 4 is 59.5 Å². The van der Waals surface area contributed by atoms with E-state index in [1.807, 2.05) is 0 Å². The molecule has 7 rings (SSSR count). The highest BCUT2D eigenvalue weighted by atomic mass is 16.6. The molecule has 0 amide bonds. The Labute approximate surface area is 478 Å². The number of pyridine rings is 2. The molecule has 0 saturated carbocycles. The number of benzene rings is 5. The van der Waals surface area contributed by atoms with E-state index in [9.17, 15) is 20.6 Å². The van der Waals surface area contributed by atoms with Gasteiger partial charge in [0.15, 0.2) is 0 Å². The molecule has 2 heterocycles. The van der Waals surface area contributed by atoms with Crippen LogP contribution < -0.4 is 22.0 Å². The molecule has 1 aromatic heterocycles. The van der Waals surface area contributed by atoms with E-state index < -0.39 is 10.5 Å². The third-order valence-corrected chi connectivity index (χ3v) is 18.4. The minimum absolute atomic E-state index is 0.0796. The molecule has 438 valence electrons. The van der Waals surface area contributed by atoms with Gasteiger partial charge >= 0.3 is 0 Å². The van der Waals surface area contributed by atoms with Gasteiger partial charge in [-0.25, -0.2) is 0 Å². The molecular weight excluding hydrogens is 993 g/mol. The highest BCUT2D eigenvalue weighted by Gasteiger charge is 2.32. The van der Waals surface area contributed by atoms with Gasteiger partial charge in [-0.1, -0.05) is 271 Å². The lowest BCUT2D eigenvalue weighted by atomic mass is 9.83. The van der Waals surface area contributed by atoms with Gasteiger partial charge in [0, 0.05) is 56.0 Å². The number of non-ortho nitro benzene ring substituents is 1. The van der Waals surface area contributed by atoms with Gasteiger partial charge in [-0.15, -0.1) is 0 Å². The number of aromatic nitrogens is 2. The molecule has 1 aliphatic carbocycles. The molecule has 2 aliphatic rings. The van der Waals surface area contributed by atoms with Crippen LogP contribution in [0.1, 0.15) is 297 Å². The van der Waals surface area contributed by atoms with Crippen LogP contribution in [0.3, 0.4) is 0 Å². The molecule has 10 heteroatoms. The second-order valence-corrected chi connectivity index (χ2v) is 24.5. The van der Waals surface area contributed by atoms with E-state index in [0.717, 1.165) is 103 Å². The Morgan fingerprint density at radius 2 is 0.762 bits per heavy atom. The third kappa shape index (κ3) is 15.3. The summed E-state index contributed by atoms with van der Waals surface area (Å²) in [6, 6.07) is 9.57. The van der Waals surface area contributed by atoms with Crippen LogP contribution in [0.25, 0.3) is 65.0 Å². The first-order valence-electron chi connectivity index (χ1n) is 33.0. The minimum atomic E-state index is -0.415. The van der Waals surface area contributed by atoms with Crippen LogP contribution in [-0.2, 0) is 0 Å². The quantitative estimate of drug-likeness (QED) is 0.0128. The zero-order valence-electron chi connectivity index (χ0n) is 50.2. The summed E-state index contributed by atoms with van der Waals surface area (Å²) in [6.07, 6.45) is 45.5. The lowest BCUT2D eigenvalue weighted by molar-refractivity contribution is -0.382. The molecule has 0 bridgehead atoms. The number of nitro groups is 1. The number of fused-ring (bicyclic) bond motifs is 2. The zero-order valence-corrected chi connectivity index (χ0v) is 50.2. The molecule has 0 unspecified atom stereocenters. The highest BCUT2D eigenvalue weighted by Crippen LogP contribution is 2.49. The topological polar surface area (TPSA) is 148 Å². The minimum Gasteiger partial charge on any atom is -0.494 e. The Balaban J connectivity index is 1.26. The molecule has 4 aromatic carbocycles. The van der Waals surface area contributed by atoms with Gasteiger partial charge in [0.25, 0.3) is 22.4 Å². The van der Waals surface area contributed by atoms with Crippen LogP contribution >= 0.6 is 0 Å². The van der Waals surface area contributed by atoms with Crippen LogP contribution in [0.4, 0.5) is 5.69 Å². The molecule has 0 atom stereocenters. The Morgan fingerprint density at radius 1 is 0.412 bits per heavy atom. The summed E-state index contributed by atoms with van der Waals surface area (Å²) in [5.74, 6) is -0.246. The summed E-state index contributed by atoms with van der Waals surface area (Å²) < 4.78 is 3.06. The number of hydrogen-bond donors (Lipinski definition) is 2. The number of nitrogens with zero attached hydrogens (tertiary/aromatic N) is 3. The highest BCUT2D eigenvalue weighted by molar-refractivity contribution is 6.39. The smallest absolute Gasteiger partial charge is 0.278 e. The SMILES string of the molecule is CCCCCCCCCCCC(CCCCCCCCCCC)n1c(O)c2cc([N+](=O)[O-])c3c4ccc5c6c4c(c(=N)cc-6c(=O)n(C(CCCCCCCCCCC)CCCCCCCCCCC)c5=O)c4ccc(c1=O)c2c43. The fraction of sp³-hybridized carbons (Fsp3) is 0.657. The largest absolute Gasteiger partial charge is 0.494 e.